The molecular formula is C16H17BrN2O. The highest BCUT2D eigenvalue weighted by Crippen LogP contribution is 2.33. The van der Waals surface area contributed by atoms with Crippen LogP contribution in [-0.4, -0.2) is 17.6 Å². The molecule has 0 amide bonds. The van der Waals surface area contributed by atoms with Gasteiger partial charge in [-0.3, -0.25) is 4.98 Å². The first kappa shape index (κ1) is 13.6. The molecule has 0 saturated heterocycles. The Kier molecular flexibility index (Phi) is 4.03. The number of hydrogen-bond donors (Lipinski definition) is 1. The number of fused-ring (bicyclic) bond motifs is 1. The molecule has 4 heteroatoms. The first-order valence-corrected chi connectivity index (χ1v) is 7.60. The first-order valence-electron chi connectivity index (χ1n) is 6.81. The van der Waals surface area contributed by atoms with E-state index < -0.39 is 0 Å². The fourth-order valence-corrected chi connectivity index (χ4v) is 3.23. The number of rotatable bonds is 4. The summed E-state index contributed by atoms with van der Waals surface area (Å²) in [5.41, 5.74) is 9.93. The Hall–Kier alpha value is -1.39. The number of aromatic nitrogens is 1. The van der Waals surface area contributed by atoms with Crippen molar-refractivity contribution in [3.63, 3.8) is 0 Å². The van der Waals surface area contributed by atoms with Gasteiger partial charge in [0.05, 0.1) is 6.61 Å². The lowest BCUT2D eigenvalue weighted by Crippen LogP contribution is -2.25. The third-order valence-electron chi connectivity index (χ3n) is 3.53. The molecule has 20 heavy (non-hydrogen) atoms. The Bertz CT molecular complexity index is 601. The van der Waals surface area contributed by atoms with Crippen LogP contribution >= 0.6 is 15.9 Å². The minimum atomic E-state index is 0.0711. The lowest BCUT2D eigenvalue weighted by Gasteiger charge is -2.14. The van der Waals surface area contributed by atoms with Gasteiger partial charge < -0.3 is 10.5 Å². The van der Waals surface area contributed by atoms with Gasteiger partial charge in [0, 0.05) is 29.3 Å². The zero-order chi connectivity index (χ0) is 13.9. The summed E-state index contributed by atoms with van der Waals surface area (Å²) in [6, 6.07) is 8.34. The average molecular weight is 333 g/mol. The largest absolute Gasteiger partial charge is 0.493 e. The second-order valence-electron chi connectivity index (χ2n) is 5.18. The van der Waals surface area contributed by atoms with E-state index in [-0.39, 0.29) is 6.04 Å². The van der Waals surface area contributed by atoms with E-state index in [1.165, 1.54) is 16.7 Å². The number of ether oxygens (including phenoxy) is 1. The highest BCUT2D eigenvalue weighted by Gasteiger charge is 2.19. The molecule has 1 unspecified atom stereocenters. The van der Waals surface area contributed by atoms with E-state index in [0.29, 0.717) is 0 Å². The van der Waals surface area contributed by atoms with Crippen LogP contribution in [0.1, 0.15) is 16.7 Å². The summed E-state index contributed by atoms with van der Waals surface area (Å²) in [6.07, 6.45) is 6.29. The average Bonchev–Trinajstić information content (AvgIpc) is 2.88. The van der Waals surface area contributed by atoms with Crippen molar-refractivity contribution in [1.82, 2.24) is 4.98 Å². The van der Waals surface area contributed by atoms with Crippen molar-refractivity contribution < 1.29 is 4.74 Å². The lowest BCUT2D eigenvalue weighted by atomic mass is 9.98. The Morgan fingerprint density at radius 3 is 3.05 bits per heavy atom. The molecule has 1 atom stereocenters. The summed E-state index contributed by atoms with van der Waals surface area (Å²) in [7, 11) is 0. The van der Waals surface area contributed by atoms with Crippen molar-refractivity contribution in [1.29, 1.82) is 0 Å². The maximum atomic E-state index is 6.28. The molecule has 2 aromatic rings. The summed E-state index contributed by atoms with van der Waals surface area (Å²) >= 11 is 3.57. The molecule has 0 aliphatic carbocycles. The Morgan fingerprint density at radius 2 is 2.25 bits per heavy atom. The number of benzene rings is 1. The molecule has 0 saturated carbocycles. The van der Waals surface area contributed by atoms with Gasteiger partial charge in [-0.2, -0.15) is 0 Å². The van der Waals surface area contributed by atoms with Crippen LogP contribution < -0.4 is 10.5 Å². The maximum absolute atomic E-state index is 6.28. The minimum absolute atomic E-state index is 0.0711. The van der Waals surface area contributed by atoms with Gasteiger partial charge in [0.1, 0.15) is 5.75 Å². The van der Waals surface area contributed by atoms with Gasteiger partial charge in [-0.05, 0) is 47.7 Å². The molecule has 2 N–H and O–H groups in total. The molecule has 1 aliphatic heterocycles. The van der Waals surface area contributed by atoms with Crippen LogP contribution in [0.4, 0.5) is 0 Å². The van der Waals surface area contributed by atoms with E-state index in [0.717, 1.165) is 36.1 Å². The van der Waals surface area contributed by atoms with Gasteiger partial charge in [-0.25, -0.2) is 0 Å². The second kappa shape index (κ2) is 5.94. The quantitative estimate of drug-likeness (QED) is 0.936. The maximum Gasteiger partial charge on any atom is 0.125 e. The summed E-state index contributed by atoms with van der Waals surface area (Å²) in [4.78, 5) is 4.13. The van der Waals surface area contributed by atoms with Gasteiger partial charge in [-0.1, -0.05) is 22.0 Å². The Labute approximate surface area is 127 Å². The summed E-state index contributed by atoms with van der Waals surface area (Å²) < 4.78 is 6.85. The number of nitrogens with two attached hydrogens (primary N) is 1. The topological polar surface area (TPSA) is 48.1 Å². The molecule has 3 rings (SSSR count). The molecular weight excluding hydrogens is 316 g/mol. The fraction of sp³-hybridized carbons (Fsp3) is 0.312. The number of hydrogen-bond acceptors (Lipinski definition) is 3. The predicted molar refractivity (Wildman–Crippen MR) is 83.0 cm³/mol. The van der Waals surface area contributed by atoms with Gasteiger partial charge in [0.2, 0.25) is 0 Å². The molecule has 0 spiro atoms. The third-order valence-corrected chi connectivity index (χ3v) is 3.99. The van der Waals surface area contributed by atoms with Crippen LogP contribution in [-0.2, 0) is 19.3 Å². The van der Waals surface area contributed by atoms with Crippen molar-refractivity contribution in [2.45, 2.75) is 25.3 Å². The molecule has 104 valence electrons. The van der Waals surface area contributed by atoms with E-state index in [1.54, 1.807) is 6.20 Å². The van der Waals surface area contributed by atoms with E-state index >= 15 is 0 Å². The van der Waals surface area contributed by atoms with Crippen LogP contribution in [0.15, 0.2) is 41.1 Å². The van der Waals surface area contributed by atoms with Crippen LogP contribution in [0.5, 0.6) is 5.75 Å². The fourth-order valence-electron chi connectivity index (χ4n) is 2.67. The van der Waals surface area contributed by atoms with Crippen LogP contribution in [0.3, 0.4) is 0 Å². The summed E-state index contributed by atoms with van der Waals surface area (Å²) in [5, 5.41) is 0. The van der Waals surface area contributed by atoms with Crippen molar-refractivity contribution in [2.24, 2.45) is 5.73 Å². The van der Waals surface area contributed by atoms with E-state index in [2.05, 4.69) is 39.1 Å². The first-order chi connectivity index (χ1) is 9.72. The molecule has 1 aliphatic rings. The van der Waals surface area contributed by atoms with Gasteiger partial charge in [0.15, 0.2) is 0 Å². The Morgan fingerprint density at radius 1 is 1.35 bits per heavy atom. The highest BCUT2D eigenvalue weighted by atomic mass is 79.9. The Balaban J connectivity index is 1.75. The SMILES string of the molecule is NC(Cc1cccnc1)Cc1cc(Br)cc2c1OCC2. The normalized spacial score (nSPS) is 14.7. The van der Waals surface area contributed by atoms with E-state index in [4.69, 9.17) is 10.5 Å². The summed E-state index contributed by atoms with van der Waals surface area (Å²) in [6.45, 7) is 0.774. The zero-order valence-corrected chi connectivity index (χ0v) is 12.8. The molecule has 1 aromatic heterocycles. The molecule has 3 nitrogen and oxygen atoms in total. The molecule has 2 heterocycles. The molecule has 0 radical (unpaired) electrons. The monoisotopic (exact) mass is 332 g/mol. The number of nitrogens with zero attached hydrogens (tertiary/aromatic N) is 1. The lowest BCUT2D eigenvalue weighted by molar-refractivity contribution is 0.352. The van der Waals surface area contributed by atoms with Gasteiger partial charge in [-0.15, -0.1) is 0 Å². The highest BCUT2D eigenvalue weighted by molar-refractivity contribution is 9.10. The predicted octanol–water partition coefficient (Wildman–Crippen LogP) is 2.89. The van der Waals surface area contributed by atoms with Crippen LogP contribution in [0.2, 0.25) is 0 Å². The van der Waals surface area contributed by atoms with Gasteiger partial charge >= 0.3 is 0 Å². The number of pyridine rings is 1. The van der Waals surface area contributed by atoms with Crippen molar-refractivity contribution >= 4 is 15.9 Å². The smallest absolute Gasteiger partial charge is 0.125 e. The van der Waals surface area contributed by atoms with Gasteiger partial charge in [0.25, 0.3) is 0 Å². The third kappa shape index (κ3) is 3.02. The van der Waals surface area contributed by atoms with E-state index in [9.17, 15) is 0 Å². The van der Waals surface area contributed by atoms with Crippen molar-refractivity contribution in [3.05, 3.63) is 57.8 Å². The van der Waals surface area contributed by atoms with Crippen molar-refractivity contribution in [3.8, 4) is 5.75 Å². The van der Waals surface area contributed by atoms with Crippen LogP contribution in [0, 0.1) is 0 Å². The van der Waals surface area contributed by atoms with Crippen LogP contribution in [0.25, 0.3) is 0 Å². The molecule has 0 bridgehead atoms. The number of halogens is 1. The second-order valence-corrected chi connectivity index (χ2v) is 6.10. The van der Waals surface area contributed by atoms with E-state index in [1.807, 2.05) is 12.3 Å². The minimum Gasteiger partial charge on any atom is -0.493 e. The molecule has 1 aromatic carbocycles. The van der Waals surface area contributed by atoms with Crippen molar-refractivity contribution in [2.75, 3.05) is 6.61 Å². The molecule has 0 fully saturated rings. The summed E-state index contributed by atoms with van der Waals surface area (Å²) in [5.74, 6) is 1.04. The zero-order valence-electron chi connectivity index (χ0n) is 11.2. The standard InChI is InChI=1S/C16H17BrN2O/c17-14-7-12-3-5-20-16(12)13(8-14)9-15(18)6-11-2-1-4-19-10-11/h1-2,4,7-8,10,15H,3,5-6,9,18H2.